The van der Waals surface area contributed by atoms with Crippen LogP contribution in [-0.4, -0.2) is 25.2 Å². The van der Waals surface area contributed by atoms with Gasteiger partial charge in [0.05, 0.1) is 13.5 Å². The monoisotopic (exact) mass is 187 g/mol. The Morgan fingerprint density at radius 3 is 2.23 bits per heavy atom. The summed E-state index contributed by atoms with van der Waals surface area (Å²) in [6, 6.07) is 0.615. The third kappa shape index (κ3) is 5.64. The largest absolute Gasteiger partial charge is 0.469 e. The third-order valence-corrected chi connectivity index (χ3v) is 2.25. The summed E-state index contributed by atoms with van der Waals surface area (Å²) in [5.74, 6) is 0.427. The van der Waals surface area contributed by atoms with Gasteiger partial charge in [-0.3, -0.25) is 4.79 Å². The van der Waals surface area contributed by atoms with Crippen molar-refractivity contribution in [1.82, 2.24) is 5.32 Å². The van der Waals surface area contributed by atoms with Gasteiger partial charge in [0.15, 0.2) is 0 Å². The first kappa shape index (κ1) is 12.4. The molecule has 3 heteroatoms. The van der Waals surface area contributed by atoms with E-state index in [0.29, 0.717) is 18.4 Å². The van der Waals surface area contributed by atoms with E-state index in [0.717, 1.165) is 0 Å². The lowest BCUT2D eigenvalue weighted by atomic mass is 10.1. The van der Waals surface area contributed by atoms with Crippen molar-refractivity contribution >= 4 is 5.97 Å². The number of hydrogen-bond acceptors (Lipinski definition) is 3. The molecule has 0 amide bonds. The van der Waals surface area contributed by atoms with Gasteiger partial charge in [-0.1, -0.05) is 13.8 Å². The van der Waals surface area contributed by atoms with Crippen LogP contribution >= 0.6 is 0 Å². The number of ether oxygens (including phenoxy) is 1. The van der Waals surface area contributed by atoms with Crippen LogP contribution in [0.1, 0.15) is 34.1 Å². The molecule has 0 saturated carbocycles. The molecule has 0 aromatic rings. The third-order valence-electron chi connectivity index (χ3n) is 2.25. The molecule has 0 aliphatic heterocycles. The first-order chi connectivity index (χ1) is 5.97. The maximum absolute atomic E-state index is 10.9. The quantitative estimate of drug-likeness (QED) is 0.664. The number of rotatable bonds is 5. The second-order valence-corrected chi connectivity index (χ2v) is 3.88. The normalized spacial score (nSPS) is 15.5. The average molecular weight is 187 g/mol. The van der Waals surface area contributed by atoms with Crippen molar-refractivity contribution in [3.05, 3.63) is 0 Å². The number of methoxy groups -OCH3 is 1. The van der Waals surface area contributed by atoms with E-state index < -0.39 is 0 Å². The summed E-state index contributed by atoms with van der Waals surface area (Å²) in [5, 5.41) is 3.34. The molecule has 2 unspecified atom stereocenters. The Morgan fingerprint density at radius 2 is 1.85 bits per heavy atom. The second-order valence-electron chi connectivity index (χ2n) is 3.88. The van der Waals surface area contributed by atoms with Crippen molar-refractivity contribution in [2.75, 3.05) is 7.11 Å². The zero-order valence-electron chi connectivity index (χ0n) is 9.26. The molecule has 0 heterocycles. The molecular weight excluding hydrogens is 166 g/mol. The molecule has 0 spiro atoms. The number of carbonyl (C=O) groups excluding carboxylic acids is 1. The van der Waals surface area contributed by atoms with E-state index in [4.69, 9.17) is 0 Å². The van der Waals surface area contributed by atoms with Gasteiger partial charge in [-0.2, -0.15) is 0 Å². The minimum Gasteiger partial charge on any atom is -0.469 e. The fourth-order valence-electron chi connectivity index (χ4n) is 1.03. The summed E-state index contributed by atoms with van der Waals surface area (Å²) in [5.41, 5.74) is 0. The van der Waals surface area contributed by atoms with E-state index in [1.807, 2.05) is 6.92 Å². The van der Waals surface area contributed by atoms with Crippen LogP contribution < -0.4 is 5.32 Å². The molecule has 0 aromatic carbocycles. The minimum atomic E-state index is -0.157. The predicted octanol–water partition coefficient (Wildman–Crippen LogP) is 1.57. The second kappa shape index (κ2) is 5.97. The van der Waals surface area contributed by atoms with Gasteiger partial charge >= 0.3 is 5.97 Å². The maximum atomic E-state index is 10.9. The standard InChI is InChI=1S/C10H21NO2/c1-7(2)9(4)11-8(3)6-10(12)13-5/h7-9,11H,6H2,1-5H3. The number of esters is 1. The highest BCUT2D eigenvalue weighted by molar-refractivity contribution is 5.69. The highest BCUT2D eigenvalue weighted by Crippen LogP contribution is 2.03. The molecule has 0 rings (SSSR count). The Hall–Kier alpha value is -0.570. The fourth-order valence-corrected chi connectivity index (χ4v) is 1.03. The number of hydrogen-bond donors (Lipinski definition) is 1. The van der Waals surface area contributed by atoms with Gasteiger partial charge in [0.2, 0.25) is 0 Å². The summed E-state index contributed by atoms with van der Waals surface area (Å²) in [6.07, 6.45) is 0.438. The molecule has 13 heavy (non-hydrogen) atoms. The molecule has 3 nitrogen and oxygen atoms in total. The molecule has 2 atom stereocenters. The van der Waals surface area contributed by atoms with E-state index >= 15 is 0 Å². The summed E-state index contributed by atoms with van der Waals surface area (Å²) in [6.45, 7) is 8.43. The van der Waals surface area contributed by atoms with Gasteiger partial charge in [0.25, 0.3) is 0 Å². The summed E-state index contributed by atoms with van der Waals surface area (Å²) < 4.78 is 4.58. The predicted molar refractivity (Wildman–Crippen MR) is 53.5 cm³/mol. The smallest absolute Gasteiger partial charge is 0.307 e. The number of nitrogens with one attached hydrogen (secondary N) is 1. The van der Waals surface area contributed by atoms with Gasteiger partial charge < -0.3 is 10.1 Å². The molecule has 1 N–H and O–H groups in total. The van der Waals surface area contributed by atoms with Crippen molar-refractivity contribution in [3.8, 4) is 0 Å². The van der Waals surface area contributed by atoms with Crippen molar-refractivity contribution < 1.29 is 9.53 Å². The van der Waals surface area contributed by atoms with E-state index in [-0.39, 0.29) is 12.0 Å². The Kier molecular flexibility index (Phi) is 5.71. The molecule has 0 aliphatic carbocycles. The van der Waals surface area contributed by atoms with Crippen molar-refractivity contribution in [2.45, 2.75) is 46.2 Å². The lowest BCUT2D eigenvalue weighted by molar-refractivity contribution is -0.141. The Labute approximate surface area is 80.8 Å². The van der Waals surface area contributed by atoms with Crippen LogP contribution in [0.2, 0.25) is 0 Å². The van der Waals surface area contributed by atoms with Crippen LogP contribution in [-0.2, 0) is 9.53 Å². The van der Waals surface area contributed by atoms with E-state index in [9.17, 15) is 4.79 Å². The van der Waals surface area contributed by atoms with Crippen LogP contribution in [0.15, 0.2) is 0 Å². The minimum absolute atomic E-state index is 0.157. The topological polar surface area (TPSA) is 38.3 Å². The zero-order chi connectivity index (χ0) is 10.4. The molecule has 0 fully saturated rings. The maximum Gasteiger partial charge on any atom is 0.307 e. The van der Waals surface area contributed by atoms with Crippen molar-refractivity contribution in [1.29, 1.82) is 0 Å². The van der Waals surface area contributed by atoms with Gasteiger partial charge in [-0.05, 0) is 19.8 Å². The first-order valence-corrected chi connectivity index (χ1v) is 4.80. The Morgan fingerprint density at radius 1 is 1.31 bits per heavy atom. The summed E-state index contributed by atoms with van der Waals surface area (Å²) >= 11 is 0. The SMILES string of the molecule is COC(=O)CC(C)NC(C)C(C)C. The molecule has 78 valence electrons. The molecule has 0 aromatic heterocycles. The lowest BCUT2D eigenvalue weighted by Crippen LogP contribution is -2.39. The molecule has 0 radical (unpaired) electrons. The van der Waals surface area contributed by atoms with Crippen LogP contribution in [0.4, 0.5) is 0 Å². The fraction of sp³-hybridized carbons (Fsp3) is 0.900. The van der Waals surface area contributed by atoms with Gasteiger partial charge in [-0.15, -0.1) is 0 Å². The van der Waals surface area contributed by atoms with Gasteiger partial charge in [0.1, 0.15) is 0 Å². The molecule has 0 saturated heterocycles. The highest BCUT2D eigenvalue weighted by atomic mass is 16.5. The van der Waals surface area contributed by atoms with Crippen LogP contribution in [0.3, 0.4) is 0 Å². The molecule has 0 aliphatic rings. The van der Waals surface area contributed by atoms with Gasteiger partial charge in [0, 0.05) is 12.1 Å². The first-order valence-electron chi connectivity index (χ1n) is 4.80. The van der Waals surface area contributed by atoms with Crippen LogP contribution in [0, 0.1) is 5.92 Å². The van der Waals surface area contributed by atoms with Crippen molar-refractivity contribution in [3.63, 3.8) is 0 Å². The van der Waals surface area contributed by atoms with Crippen molar-refractivity contribution in [2.24, 2.45) is 5.92 Å². The zero-order valence-corrected chi connectivity index (χ0v) is 9.26. The number of carbonyl (C=O) groups is 1. The molecular formula is C10H21NO2. The Bertz CT molecular complexity index is 157. The average Bonchev–Trinajstić information content (AvgIpc) is 2.03. The van der Waals surface area contributed by atoms with Gasteiger partial charge in [-0.25, -0.2) is 0 Å². The lowest BCUT2D eigenvalue weighted by Gasteiger charge is -2.22. The van der Waals surface area contributed by atoms with Crippen LogP contribution in [0.5, 0.6) is 0 Å². The van der Waals surface area contributed by atoms with E-state index in [1.165, 1.54) is 7.11 Å². The van der Waals surface area contributed by atoms with E-state index in [2.05, 4.69) is 30.8 Å². The Balaban J connectivity index is 3.73. The molecule has 0 bridgehead atoms. The summed E-state index contributed by atoms with van der Waals surface area (Å²) in [7, 11) is 1.42. The summed E-state index contributed by atoms with van der Waals surface area (Å²) in [4.78, 5) is 10.9. The highest BCUT2D eigenvalue weighted by Gasteiger charge is 2.13. The van der Waals surface area contributed by atoms with Crippen LogP contribution in [0.25, 0.3) is 0 Å². The van der Waals surface area contributed by atoms with E-state index in [1.54, 1.807) is 0 Å².